The zero-order valence-corrected chi connectivity index (χ0v) is 20.9. The summed E-state index contributed by atoms with van der Waals surface area (Å²) in [6.45, 7) is 2.30. The summed E-state index contributed by atoms with van der Waals surface area (Å²) in [4.78, 5) is 8.36. The van der Waals surface area contributed by atoms with Gasteiger partial charge >= 0.3 is 101 Å². The number of rotatable bonds is 16. The second-order valence-electron chi connectivity index (χ2n) is 6.39. The minimum atomic E-state index is -1.50. The zero-order valence-electron chi connectivity index (χ0n) is 15.4. The molecule has 0 atom stereocenters. The molecule has 0 aromatic carbocycles. The molecule has 0 aromatic heterocycles. The van der Waals surface area contributed by atoms with E-state index in [0.29, 0.717) is 0 Å². The molecule has 0 radical (unpaired) electrons. The van der Waals surface area contributed by atoms with Crippen molar-refractivity contribution in [2.24, 2.45) is 0 Å². The van der Waals surface area contributed by atoms with Crippen molar-refractivity contribution in [3.8, 4) is 0 Å². The van der Waals surface area contributed by atoms with Crippen molar-refractivity contribution < 1.29 is 36.4 Å². The molecule has 0 aliphatic carbocycles. The Morgan fingerprint density at radius 3 is 1.13 bits per heavy atom. The first-order chi connectivity index (χ1) is 11.1. The maximum Gasteiger partial charge on any atom is 0.291 e. The van der Waals surface area contributed by atoms with Crippen LogP contribution >= 0.6 is 0 Å². The van der Waals surface area contributed by atoms with Crippen LogP contribution in [0.5, 0.6) is 0 Å². The SMILES string of the molecule is CCCCCCCCCCCCCCCCC[CH2][Hg].O=[N+]([O-])O. The van der Waals surface area contributed by atoms with Gasteiger partial charge in [-0.05, 0) is 0 Å². The maximum atomic E-state index is 8.36. The fraction of sp³-hybridized carbons (Fsp3) is 1.00. The molecule has 5 heteroatoms. The third-order valence-corrected chi connectivity index (χ3v) is 6.05. The molecule has 0 aliphatic rings. The minimum Gasteiger partial charge on any atom is -0.328 e. The largest absolute Gasteiger partial charge is 0.328 e. The molecular weight excluding hydrogens is 479 g/mol. The van der Waals surface area contributed by atoms with Crippen molar-refractivity contribution in [1.29, 1.82) is 0 Å². The summed E-state index contributed by atoms with van der Waals surface area (Å²) in [5.41, 5.74) is 0. The zero-order chi connectivity index (χ0) is 17.6. The third kappa shape index (κ3) is 34.5. The van der Waals surface area contributed by atoms with Gasteiger partial charge in [0.1, 0.15) is 0 Å². The first-order valence-corrected chi connectivity index (χ1v) is 13.7. The van der Waals surface area contributed by atoms with E-state index in [1.54, 1.807) is 3.93 Å². The molecule has 0 saturated heterocycles. The molecule has 0 aromatic rings. The summed E-state index contributed by atoms with van der Waals surface area (Å²) in [5, 5.41) is 13.6. The summed E-state index contributed by atoms with van der Waals surface area (Å²) < 4.78 is 1.57. The number of hydrogen-bond donors (Lipinski definition) is 1. The van der Waals surface area contributed by atoms with Gasteiger partial charge in [-0.2, -0.15) is 0 Å². The Bertz CT molecular complexity index is 208. The molecule has 0 saturated carbocycles. The standard InChI is InChI=1S/C18H37.Hg.HNO3/c1-3-5-7-9-11-13-15-17-18-16-14-12-10-8-6-4-2;;2-1(3)4/h1,3-18H2,2H3;;(H,2,3,4). The minimum absolute atomic E-state index is 1.06. The molecule has 0 rings (SSSR count). The van der Waals surface area contributed by atoms with Gasteiger partial charge in [-0.25, -0.2) is 0 Å². The van der Waals surface area contributed by atoms with Crippen LogP contribution in [0.25, 0.3) is 0 Å². The van der Waals surface area contributed by atoms with E-state index in [9.17, 15) is 0 Å². The van der Waals surface area contributed by atoms with E-state index in [-0.39, 0.29) is 0 Å². The molecule has 0 unspecified atom stereocenters. The van der Waals surface area contributed by atoms with Gasteiger partial charge in [-0.1, -0.05) is 39.0 Å². The molecule has 0 spiro atoms. The summed E-state index contributed by atoms with van der Waals surface area (Å²) in [7, 11) is 0. The monoisotopic (exact) mass is 518 g/mol. The van der Waals surface area contributed by atoms with Crippen LogP contribution in [-0.4, -0.2) is 10.3 Å². The topological polar surface area (TPSA) is 63.4 Å². The normalized spacial score (nSPS) is 10.2. The van der Waals surface area contributed by atoms with Crippen molar-refractivity contribution in [3.05, 3.63) is 10.1 Å². The summed E-state index contributed by atoms with van der Waals surface area (Å²) >= 11 is 1.06. The second-order valence-corrected chi connectivity index (χ2v) is 9.14. The molecule has 4 nitrogen and oxygen atoms in total. The van der Waals surface area contributed by atoms with E-state index >= 15 is 0 Å². The van der Waals surface area contributed by atoms with E-state index < -0.39 is 5.09 Å². The first kappa shape index (κ1) is 25.4. The number of nitrogens with zero attached hydrogens (tertiary/aromatic N) is 1. The molecule has 0 heterocycles. The van der Waals surface area contributed by atoms with Crippen LogP contribution in [0.4, 0.5) is 0 Å². The van der Waals surface area contributed by atoms with Gasteiger partial charge in [0.25, 0.3) is 5.09 Å². The molecule has 1 N–H and O–H groups in total. The van der Waals surface area contributed by atoms with Crippen LogP contribution in [0.15, 0.2) is 0 Å². The number of hydrogen-bond acceptors (Lipinski definition) is 2. The Morgan fingerprint density at radius 1 is 0.696 bits per heavy atom. The van der Waals surface area contributed by atoms with Crippen LogP contribution in [0.1, 0.15) is 110 Å². The van der Waals surface area contributed by atoms with Crippen LogP contribution in [0.3, 0.4) is 0 Å². The fourth-order valence-electron chi connectivity index (χ4n) is 2.72. The molecule has 135 valence electrons. The first-order valence-electron chi connectivity index (χ1n) is 9.77. The van der Waals surface area contributed by atoms with E-state index in [4.69, 9.17) is 15.3 Å². The molecule has 0 fully saturated rings. The fourth-order valence-corrected chi connectivity index (χ4v) is 4.10. The van der Waals surface area contributed by atoms with E-state index in [2.05, 4.69) is 6.92 Å². The smallest absolute Gasteiger partial charge is 0.291 e. The van der Waals surface area contributed by atoms with Gasteiger partial charge in [-0.3, -0.25) is 0 Å². The molecule has 0 amide bonds. The van der Waals surface area contributed by atoms with Crippen molar-refractivity contribution in [1.82, 2.24) is 0 Å². The predicted octanol–water partition coefficient (Wildman–Crippen LogP) is 6.87. The van der Waals surface area contributed by atoms with Crippen LogP contribution < -0.4 is 0 Å². The summed E-state index contributed by atoms with van der Waals surface area (Å²) in [6, 6.07) is 0. The van der Waals surface area contributed by atoms with Crippen molar-refractivity contribution in [3.63, 3.8) is 0 Å². The van der Waals surface area contributed by atoms with Crippen molar-refractivity contribution >= 4 is 0 Å². The average Bonchev–Trinajstić information content (AvgIpc) is 2.50. The summed E-state index contributed by atoms with van der Waals surface area (Å²) in [6.07, 6.45) is 23.8. The Labute approximate surface area is 159 Å². The summed E-state index contributed by atoms with van der Waals surface area (Å²) in [5.74, 6) is 0. The Hall–Kier alpha value is 0.135. The van der Waals surface area contributed by atoms with Gasteiger partial charge in [0.2, 0.25) is 0 Å². The quantitative estimate of drug-likeness (QED) is 0.105. The van der Waals surface area contributed by atoms with Crippen LogP contribution in [0.2, 0.25) is 3.93 Å². The molecule has 0 aliphatic heterocycles. The van der Waals surface area contributed by atoms with E-state index in [1.807, 2.05) is 0 Å². The van der Waals surface area contributed by atoms with Gasteiger partial charge in [0.15, 0.2) is 0 Å². The Morgan fingerprint density at radius 2 is 0.913 bits per heavy atom. The maximum absolute atomic E-state index is 8.36. The van der Waals surface area contributed by atoms with Crippen molar-refractivity contribution in [2.75, 3.05) is 0 Å². The van der Waals surface area contributed by atoms with Gasteiger partial charge in [-0.15, -0.1) is 10.1 Å². The predicted molar refractivity (Wildman–Crippen MR) is 93.1 cm³/mol. The van der Waals surface area contributed by atoms with Crippen molar-refractivity contribution in [2.45, 2.75) is 114 Å². The Kier molecular flexibility index (Phi) is 26.9. The third-order valence-electron chi connectivity index (χ3n) is 4.10. The molecule has 0 bridgehead atoms. The van der Waals surface area contributed by atoms with Gasteiger partial charge in [0, 0.05) is 0 Å². The Balaban J connectivity index is 0. The second kappa shape index (κ2) is 24.4. The van der Waals surface area contributed by atoms with Crippen LogP contribution in [-0.2, 0) is 26.1 Å². The van der Waals surface area contributed by atoms with Crippen LogP contribution in [0, 0.1) is 10.1 Å². The average molecular weight is 517 g/mol. The van der Waals surface area contributed by atoms with E-state index in [1.165, 1.54) is 103 Å². The van der Waals surface area contributed by atoms with E-state index in [0.717, 1.165) is 26.1 Å². The van der Waals surface area contributed by atoms with Gasteiger partial charge < -0.3 is 5.21 Å². The number of unbranched alkanes of at least 4 members (excludes halogenated alkanes) is 15. The van der Waals surface area contributed by atoms with Gasteiger partial charge in [0.05, 0.1) is 0 Å². The molecular formula is C18H38HgNO3. The molecule has 23 heavy (non-hydrogen) atoms.